The number of carbonyl (C=O) groups is 4. The predicted molar refractivity (Wildman–Crippen MR) is 88.0 cm³/mol. The highest BCUT2D eigenvalue weighted by atomic mass is 19.1. The number of halogens is 2. The van der Waals surface area contributed by atoms with Crippen molar-refractivity contribution in [2.24, 2.45) is 11.8 Å². The van der Waals surface area contributed by atoms with Crippen molar-refractivity contribution in [2.75, 3.05) is 18.5 Å². The van der Waals surface area contributed by atoms with Gasteiger partial charge in [-0.2, -0.15) is 0 Å². The second-order valence-corrected chi connectivity index (χ2v) is 6.29. The van der Waals surface area contributed by atoms with Crippen molar-refractivity contribution in [1.82, 2.24) is 4.90 Å². The summed E-state index contributed by atoms with van der Waals surface area (Å²) in [6.07, 6.45) is 4.56. The molecule has 0 spiro atoms. The molecule has 1 aromatic rings. The van der Waals surface area contributed by atoms with Crippen LogP contribution < -0.4 is 5.32 Å². The summed E-state index contributed by atoms with van der Waals surface area (Å²) in [5.41, 5.74) is -0.130. The van der Waals surface area contributed by atoms with Crippen molar-refractivity contribution in [3.8, 4) is 0 Å². The molecule has 27 heavy (non-hydrogen) atoms. The van der Waals surface area contributed by atoms with Gasteiger partial charge in [-0.1, -0.05) is 12.2 Å². The summed E-state index contributed by atoms with van der Waals surface area (Å²) in [4.78, 5) is 48.9. The summed E-state index contributed by atoms with van der Waals surface area (Å²) in [5, 5.41) is 2.18. The first-order valence-electron chi connectivity index (χ1n) is 8.27. The van der Waals surface area contributed by atoms with Crippen molar-refractivity contribution in [3.63, 3.8) is 0 Å². The predicted octanol–water partition coefficient (Wildman–Crippen LogP) is 1.40. The smallest absolute Gasteiger partial charge is 0.326 e. The van der Waals surface area contributed by atoms with Crippen molar-refractivity contribution in [2.45, 2.75) is 12.8 Å². The van der Waals surface area contributed by atoms with Crippen molar-refractivity contribution in [1.29, 1.82) is 0 Å². The average molecular weight is 378 g/mol. The van der Waals surface area contributed by atoms with Crippen molar-refractivity contribution < 1.29 is 32.7 Å². The van der Waals surface area contributed by atoms with E-state index in [-0.39, 0.29) is 5.69 Å². The summed E-state index contributed by atoms with van der Waals surface area (Å²) >= 11 is 0. The highest BCUT2D eigenvalue weighted by molar-refractivity contribution is 6.07. The third-order valence-electron chi connectivity index (χ3n) is 4.40. The molecule has 1 aliphatic carbocycles. The molecule has 0 saturated carbocycles. The molecule has 142 valence electrons. The zero-order valence-corrected chi connectivity index (χ0v) is 14.1. The van der Waals surface area contributed by atoms with E-state index in [0.29, 0.717) is 18.9 Å². The van der Waals surface area contributed by atoms with Crippen LogP contribution >= 0.6 is 0 Å². The lowest BCUT2D eigenvalue weighted by Crippen LogP contribution is -2.37. The molecule has 9 heteroatoms. The fourth-order valence-electron chi connectivity index (χ4n) is 3.17. The number of amides is 3. The summed E-state index contributed by atoms with van der Waals surface area (Å²) in [6, 6.07) is 2.45. The van der Waals surface area contributed by atoms with Crippen molar-refractivity contribution in [3.05, 3.63) is 42.0 Å². The minimum absolute atomic E-state index is 0.130. The highest BCUT2D eigenvalue weighted by Crippen LogP contribution is 2.34. The number of likely N-dealkylation sites (tertiary alicyclic amines) is 1. The van der Waals surface area contributed by atoms with Gasteiger partial charge in [0.15, 0.2) is 6.61 Å². The molecule has 3 rings (SSSR count). The van der Waals surface area contributed by atoms with Crippen LogP contribution in [-0.4, -0.2) is 41.7 Å². The van der Waals surface area contributed by atoms with E-state index in [4.69, 9.17) is 4.74 Å². The van der Waals surface area contributed by atoms with Gasteiger partial charge in [-0.15, -0.1) is 0 Å². The zero-order valence-electron chi connectivity index (χ0n) is 14.1. The van der Waals surface area contributed by atoms with E-state index in [2.05, 4.69) is 5.32 Å². The van der Waals surface area contributed by atoms with E-state index >= 15 is 0 Å². The van der Waals surface area contributed by atoms with Crippen molar-refractivity contribution >= 4 is 29.4 Å². The second-order valence-electron chi connectivity index (χ2n) is 6.29. The van der Waals surface area contributed by atoms with E-state index in [1.165, 1.54) is 0 Å². The molecule has 0 bridgehead atoms. The van der Waals surface area contributed by atoms with Gasteiger partial charge in [0.25, 0.3) is 5.91 Å². The number of carbonyl (C=O) groups excluding carboxylic acids is 4. The molecule has 2 aliphatic rings. The number of esters is 1. The monoisotopic (exact) mass is 378 g/mol. The van der Waals surface area contributed by atoms with Gasteiger partial charge in [0.2, 0.25) is 11.8 Å². The second kappa shape index (κ2) is 7.65. The van der Waals surface area contributed by atoms with E-state index < -0.39 is 60.3 Å². The molecular weight excluding hydrogens is 362 g/mol. The lowest BCUT2D eigenvalue weighted by atomic mass is 9.85. The zero-order chi connectivity index (χ0) is 19.6. The maximum absolute atomic E-state index is 13.1. The summed E-state index contributed by atoms with van der Waals surface area (Å²) < 4.78 is 30.9. The van der Waals surface area contributed by atoms with Crippen LogP contribution in [0.4, 0.5) is 14.5 Å². The lowest BCUT2D eigenvalue weighted by Gasteiger charge is -2.14. The normalized spacial score (nSPS) is 21.2. The number of fused-ring (bicyclic) bond motifs is 1. The molecule has 1 saturated heterocycles. The Morgan fingerprint density at radius 2 is 1.59 bits per heavy atom. The Kier molecular flexibility index (Phi) is 5.29. The average Bonchev–Trinajstić information content (AvgIpc) is 2.84. The minimum Gasteiger partial charge on any atom is -0.454 e. The van der Waals surface area contributed by atoms with Crippen LogP contribution in [0.15, 0.2) is 30.4 Å². The number of allylic oxidation sites excluding steroid dienone is 2. The number of hydrogen-bond acceptors (Lipinski definition) is 5. The number of benzene rings is 1. The van der Waals surface area contributed by atoms with Gasteiger partial charge in [-0.3, -0.25) is 24.1 Å². The number of rotatable bonds is 5. The van der Waals surface area contributed by atoms with Gasteiger partial charge >= 0.3 is 5.97 Å². The van der Waals surface area contributed by atoms with Crippen LogP contribution in [0.1, 0.15) is 12.8 Å². The van der Waals surface area contributed by atoms with Gasteiger partial charge in [-0.25, -0.2) is 8.78 Å². The third-order valence-corrected chi connectivity index (χ3v) is 4.40. The molecule has 2 atom stereocenters. The summed E-state index contributed by atoms with van der Waals surface area (Å²) in [7, 11) is 0. The number of anilines is 1. The molecular formula is C18H16F2N2O5. The Morgan fingerprint density at radius 3 is 2.15 bits per heavy atom. The summed E-state index contributed by atoms with van der Waals surface area (Å²) in [6.45, 7) is -1.30. The molecule has 2 unspecified atom stereocenters. The SMILES string of the molecule is O=C(COC(=O)CN1C(=O)C2CC=CCC2C1=O)Nc1cc(F)cc(F)c1. The first-order chi connectivity index (χ1) is 12.8. The van der Waals surface area contributed by atoms with E-state index in [1.807, 2.05) is 12.2 Å². The van der Waals surface area contributed by atoms with Gasteiger partial charge in [0.1, 0.15) is 18.2 Å². The minimum atomic E-state index is -0.927. The van der Waals surface area contributed by atoms with Gasteiger partial charge in [-0.05, 0) is 25.0 Å². The number of hydrogen-bond donors (Lipinski definition) is 1. The molecule has 3 amide bonds. The van der Waals surface area contributed by atoms with E-state index in [1.54, 1.807) is 0 Å². The van der Waals surface area contributed by atoms with E-state index in [0.717, 1.165) is 17.0 Å². The van der Waals surface area contributed by atoms with Crippen LogP contribution in [0.2, 0.25) is 0 Å². The number of ether oxygens (including phenoxy) is 1. The van der Waals surface area contributed by atoms with Crippen LogP contribution in [-0.2, 0) is 23.9 Å². The third kappa shape index (κ3) is 4.18. The Hall–Kier alpha value is -3.10. The van der Waals surface area contributed by atoms with Crippen LogP contribution in [0.5, 0.6) is 0 Å². The van der Waals surface area contributed by atoms with Crippen LogP contribution in [0.3, 0.4) is 0 Å². The van der Waals surface area contributed by atoms with Gasteiger partial charge in [0, 0.05) is 11.8 Å². The molecule has 0 radical (unpaired) electrons. The number of nitrogens with zero attached hydrogens (tertiary/aromatic N) is 1. The molecule has 7 nitrogen and oxygen atoms in total. The van der Waals surface area contributed by atoms with Crippen LogP contribution in [0.25, 0.3) is 0 Å². The Morgan fingerprint density at radius 1 is 1.04 bits per heavy atom. The fourth-order valence-corrected chi connectivity index (χ4v) is 3.17. The Labute approximate surface area is 153 Å². The molecule has 1 aliphatic heterocycles. The lowest BCUT2D eigenvalue weighted by molar-refractivity contribution is -0.154. The first kappa shape index (κ1) is 18.7. The quantitative estimate of drug-likeness (QED) is 0.475. The molecule has 1 heterocycles. The highest BCUT2D eigenvalue weighted by Gasteiger charge is 2.47. The molecule has 1 aromatic carbocycles. The van der Waals surface area contributed by atoms with E-state index in [9.17, 15) is 28.0 Å². The first-order valence-corrected chi connectivity index (χ1v) is 8.27. The maximum Gasteiger partial charge on any atom is 0.326 e. The number of nitrogens with one attached hydrogen (secondary N) is 1. The molecule has 1 N–H and O–H groups in total. The summed E-state index contributed by atoms with van der Waals surface area (Å²) in [5.74, 6) is -5.25. The van der Waals surface area contributed by atoms with Gasteiger partial charge < -0.3 is 10.1 Å². The fraction of sp³-hybridized carbons (Fsp3) is 0.333. The Balaban J connectivity index is 1.50. The van der Waals surface area contributed by atoms with Gasteiger partial charge in [0.05, 0.1) is 11.8 Å². The standard InChI is InChI=1S/C18H16F2N2O5/c19-10-5-11(20)7-12(6-10)21-15(23)9-27-16(24)8-22-17(25)13-3-1-2-4-14(13)18(22)26/h1-2,5-7,13-14H,3-4,8-9H2,(H,21,23). The number of imide groups is 1. The Bertz CT molecular complexity index is 793. The largest absolute Gasteiger partial charge is 0.454 e. The molecule has 1 fully saturated rings. The topological polar surface area (TPSA) is 92.8 Å². The van der Waals surface area contributed by atoms with Crippen LogP contribution in [0, 0.1) is 23.5 Å². The maximum atomic E-state index is 13.1. The molecule has 0 aromatic heterocycles.